The molecule has 0 radical (unpaired) electrons. The summed E-state index contributed by atoms with van der Waals surface area (Å²) in [5.74, 6) is 1.24. The van der Waals surface area contributed by atoms with Crippen molar-refractivity contribution in [3.63, 3.8) is 0 Å². The highest BCUT2D eigenvalue weighted by molar-refractivity contribution is 5.89. The SMILES string of the molecule is COc1ccc(-c2nn(-c3ccccc3)cc2/C=N/c2nc(C)cc(C)n2)cc1. The van der Waals surface area contributed by atoms with E-state index in [0.717, 1.165) is 39.6 Å². The second kappa shape index (κ2) is 8.06. The van der Waals surface area contributed by atoms with E-state index in [1.54, 1.807) is 13.3 Å². The van der Waals surface area contributed by atoms with E-state index in [-0.39, 0.29) is 0 Å². The van der Waals surface area contributed by atoms with Gasteiger partial charge in [0.05, 0.1) is 12.8 Å². The summed E-state index contributed by atoms with van der Waals surface area (Å²) >= 11 is 0. The molecule has 0 N–H and O–H groups in total. The van der Waals surface area contributed by atoms with Crippen LogP contribution in [-0.2, 0) is 0 Å². The van der Waals surface area contributed by atoms with Crippen LogP contribution in [-0.4, -0.2) is 33.1 Å². The summed E-state index contributed by atoms with van der Waals surface area (Å²) < 4.78 is 7.12. The lowest BCUT2D eigenvalue weighted by atomic mass is 10.1. The van der Waals surface area contributed by atoms with Crippen LogP contribution in [0.3, 0.4) is 0 Å². The van der Waals surface area contributed by atoms with Crippen LogP contribution < -0.4 is 4.74 Å². The average Bonchev–Trinajstić information content (AvgIpc) is 3.17. The fourth-order valence-corrected chi connectivity index (χ4v) is 3.06. The van der Waals surface area contributed by atoms with Gasteiger partial charge < -0.3 is 4.74 Å². The highest BCUT2D eigenvalue weighted by Crippen LogP contribution is 2.25. The van der Waals surface area contributed by atoms with Crippen molar-refractivity contribution in [2.45, 2.75) is 13.8 Å². The van der Waals surface area contributed by atoms with Gasteiger partial charge in [-0.15, -0.1) is 0 Å². The summed E-state index contributed by atoms with van der Waals surface area (Å²) in [5, 5.41) is 4.80. The number of benzene rings is 2. The molecule has 0 aliphatic rings. The first-order valence-corrected chi connectivity index (χ1v) is 9.28. The molecule has 0 aliphatic carbocycles. The number of hydrogen-bond donors (Lipinski definition) is 0. The van der Waals surface area contributed by atoms with Crippen LogP contribution in [0.1, 0.15) is 17.0 Å². The molecule has 29 heavy (non-hydrogen) atoms. The van der Waals surface area contributed by atoms with E-state index in [4.69, 9.17) is 9.84 Å². The van der Waals surface area contributed by atoms with Gasteiger partial charge in [0, 0.05) is 34.9 Å². The quantitative estimate of drug-likeness (QED) is 0.468. The summed E-state index contributed by atoms with van der Waals surface area (Å²) in [6.45, 7) is 3.87. The van der Waals surface area contributed by atoms with Crippen molar-refractivity contribution in [2.24, 2.45) is 4.99 Å². The fraction of sp³-hybridized carbons (Fsp3) is 0.130. The van der Waals surface area contributed by atoms with Crippen molar-refractivity contribution in [1.82, 2.24) is 19.7 Å². The van der Waals surface area contributed by atoms with Gasteiger partial charge >= 0.3 is 0 Å². The minimum Gasteiger partial charge on any atom is -0.497 e. The lowest BCUT2D eigenvalue weighted by Crippen LogP contribution is -1.94. The maximum Gasteiger partial charge on any atom is 0.249 e. The number of methoxy groups -OCH3 is 1. The Hall–Kier alpha value is -3.80. The molecule has 0 unspecified atom stereocenters. The van der Waals surface area contributed by atoms with E-state index in [9.17, 15) is 0 Å². The van der Waals surface area contributed by atoms with Crippen LogP contribution in [0.15, 0.2) is 71.9 Å². The third-order valence-electron chi connectivity index (χ3n) is 4.42. The first-order valence-electron chi connectivity index (χ1n) is 9.28. The molecule has 4 rings (SSSR count). The van der Waals surface area contributed by atoms with E-state index in [1.165, 1.54) is 0 Å². The Morgan fingerprint density at radius 2 is 1.62 bits per heavy atom. The monoisotopic (exact) mass is 383 g/mol. The number of aliphatic imine (C=N–C) groups is 1. The lowest BCUT2D eigenvalue weighted by molar-refractivity contribution is 0.415. The molecule has 2 aromatic carbocycles. The third-order valence-corrected chi connectivity index (χ3v) is 4.42. The van der Waals surface area contributed by atoms with E-state index in [0.29, 0.717) is 5.95 Å². The number of nitrogens with zero attached hydrogens (tertiary/aromatic N) is 5. The van der Waals surface area contributed by atoms with Gasteiger partial charge in [0.15, 0.2) is 0 Å². The Morgan fingerprint density at radius 1 is 0.931 bits per heavy atom. The lowest BCUT2D eigenvalue weighted by Gasteiger charge is -2.02. The minimum absolute atomic E-state index is 0.440. The zero-order valence-electron chi connectivity index (χ0n) is 16.6. The summed E-state index contributed by atoms with van der Waals surface area (Å²) in [6, 6.07) is 19.7. The van der Waals surface area contributed by atoms with Crippen LogP contribution >= 0.6 is 0 Å². The molecule has 6 nitrogen and oxygen atoms in total. The second-order valence-electron chi connectivity index (χ2n) is 6.65. The van der Waals surface area contributed by atoms with Gasteiger partial charge in [0.2, 0.25) is 5.95 Å². The number of aromatic nitrogens is 4. The highest BCUT2D eigenvalue weighted by atomic mass is 16.5. The maximum absolute atomic E-state index is 5.27. The van der Waals surface area contributed by atoms with Gasteiger partial charge in [-0.2, -0.15) is 5.10 Å². The molecule has 0 bridgehead atoms. The number of ether oxygens (including phenoxy) is 1. The second-order valence-corrected chi connectivity index (χ2v) is 6.65. The summed E-state index contributed by atoms with van der Waals surface area (Å²) in [6.07, 6.45) is 3.72. The van der Waals surface area contributed by atoms with Crippen LogP contribution in [0.4, 0.5) is 5.95 Å². The van der Waals surface area contributed by atoms with Gasteiger partial charge in [0.25, 0.3) is 0 Å². The average molecular weight is 383 g/mol. The number of hydrogen-bond acceptors (Lipinski definition) is 5. The van der Waals surface area contributed by atoms with Crippen molar-refractivity contribution >= 4 is 12.2 Å². The standard InChI is InChI=1S/C23H21N5O/c1-16-13-17(2)26-23(25-16)24-14-19-15-28(20-7-5-4-6-8-20)27-22(19)18-9-11-21(29-3)12-10-18/h4-15H,1-3H3/b24-14+. The zero-order valence-corrected chi connectivity index (χ0v) is 16.6. The molecule has 144 valence electrons. The molecule has 0 spiro atoms. The van der Waals surface area contributed by atoms with Crippen LogP contribution in [0.5, 0.6) is 5.75 Å². The van der Waals surface area contributed by atoms with E-state index in [1.807, 2.05) is 85.4 Å². The van der Waals surface area contributed by atoms with Crippen molar-refractivity contribution < 1.29 is 4.74 Å². The fourth-order valence-electron chi connectivity index (χ4n) is 3.06. The van der Waals surface area contributed by atoms with Crippen molar-refractivity contribution in [2.75, 3.05) is 7.11 Å². The number of aryl methyl sites for hydroxylation is 2. The Bertz CT molecular complexity index is 1130. The minimum atomic E-state index is 0.440. The molecule has 6 heteroatoms. The molecule has 0 amide bonds. The summed E-state index contributed by atoms with van der Waals surface area (Å²) in [7, 11) is 1.65. The Labute approximate surface area is 169 Å². The van der Waals surface area contributed by atoms with Gasteiger partial charge in [-0.05, 0) is 56.3 Å². The maximum atomic E-state index is 5.27. The third kappa shape index (κ3) is 4.21. The Kier molecular flexibility index (Phi) is 5.16. The van der Waals surface area contributed by atoms with E-state index >= 15 is 0 Å². The summed E-state index contributed by atoms with van der Waals surface area (Å²) in [4.78, 5) is 13.3. The van der Waals surface area contributed by atoms with E-state index in [2.05, 4.69) is 15.0 Å². The molecular weight excluding hydrogens is 362 g/mol. The Balaban J connectivity index is 1.77. The number of para-hydroxylation sites is 1. The smallest absolute Gasteiger partial charge is 0.249 e. The predicted molar refractivity (Wildman–Crippen MR) is 114 cm³/mol. The van der Waals surface area contributed by atoms with Crippen LogP contribution in [0.2, 0.25) is 0 Å². The largest absolute Gasteiger partial charge is 0.497 e. The van der Waals surface area contributed by atoms with Gasteiger partial charge in [-0.1, -0.05) is 18.2 Å². The summed E-state index contributed by atoms with van der Waals surface area (Å²) in [5.41, 5.74) is 5.43. The molecule has 4 aromatic rings. The topological polar surface area (TPSA) is 65.2 Å². The predicted octanol–water partition coefficient (Wildman–Crippen LogP) is 4.71. The van der Waals surface area contributed by atoms with Crippen molar-refractivity contribution in [3.05, 3.63) is 83.8 Å². The van der Waals surface area contributed by atoms with Crippen molar-refractivity contribution in [3.8, 4) is 22.7 Å². The van der Waals surface area contributed by atoms with Crippen molar-refractivity contribution in [1.29, 1.82) is 0 Å². The van der Waals surface area contributed by atoms with Gasteiger partial charge in [-0.25, -0.2) is 19.6 Å². The van der Waals surface area contributed by atoms with Gasteiger partial charge in [-0.3, -0.25) is 0 Å². The molecule has 0 fully saturated rings. The highest BCUT2D eigenvalue weighted by Gasteiger charge is 2.11. The molecule has 2 aromatic heterocycles. The zero-order chi connectivity index (χ0) is 20.2. The molecule has 2 heterocycles. The Morgan fingerprint density at radius 3 is 2.28 bits per heavy atom. The first-order chi connectivity index (χ1) is 14.1. The molecule has 0 atom stereocenters. The van der Waals surface area contributed by atoms with Crippen LogP contribution in [0.25, 0.3) is 16.9 Å². The normalized spacial score (nSPS) is 11.1. The molecule has 0 aliphatic heterocycles. The van der Waals surface area contributed by atoms with Gasteiger partial charge in [0.1, 0.15) is 11.4 Å². The number of rotatable bonds is 5. The van der Waals surface area contributed by atoms with Crippen LogP contribution in [0, 0.1) is 13.8 Å². The van der Waals surface area contributed by atoms with E-state index < -0.39 is 0 Å². The first kappa shape index (κ1) is 18.6. The molecule has 0 saturated heterocycles. The molecule has 0 saturated carbocycles. The molecular formula is C23H21N5O.